The fraction of sp³-hybridized carbons (Fsp3) is 0.0769. The fourth-order valence-corrected chi connectivity index (χ4v) is 2.18. The second kappa shape index (κ2) is 4.60. The van der Waals surface area contributed by atoms with Gasteiger partial charge in [-0.05, 0) is 38.8 Å². The van der Waals surface area contributed by atoms with E-state index in [-0.39, 0.29) is 0 Å². The van der Waals surface area contributed by atoms with Gasteiger partial charge in [0.05, 0.1) is 0 Å². The number of nitrogens with one attached hydrogen (secondary N) is 1. The van der Waals surface area contributed by atoms with Crippen molar-refractivity contribution in [3.05, 3.63) is 64.0 Å². The topological polar surface area (TPSA) is 86.3 Å². The summed E-state index contributed by atoms with van der Waals surface area (Å²) in [5.41, 5.74) is 24.4. The molecule has 0 spiro atoms. The second-order valence-electron chi connectivity index (χ2n) is 3.81. The third-order valence-corrected chi connectivity index (χ3v) is 2.89. The van der Waals surface area contributed by atoms with E-state index in [4.69, 9.17) is 16.8 Å². The molecule has 3 N–H and O–H groups in total. The van der Waals surface area contributed by atoms with Crippen LogP contribution in [0.4, 0.5) is 5.69 Å². The maximum atomic E-state index is 6.86. The number of hydrogen-bond donors (Lipinski definition) is 2. The Labute approximate surface area is 99.1 Å². The normalized spacial score (nSPS) is 10.6. The first-order valence-corrected chi connectivity index (χ1v) is 5.24. The number of rotatable bonds is 0. The van der Waals surface area contributed by atoms with Gasteiger partial charge >= 0.3 is 0 Å². The molecule has 0 amide bonds. The summed E-state index contributed by atoms with van der Waals surface area (Å²) in [4.78, 5) is 1.75. The van der Waals surface area contributed by atoms with Crippen LogP contribution in [0.15, 0.2) is 42.5 Å². The molecule has 1 aliphatic rings. The van der Waals surface area contributed by atoms with E-state index in [1.54, 1.807) is 4.91 Å². The molecule has 84 valence electrons. The van der Waals surface area contributed by atoms with Crippen LogP contribution in [0.5, 0.6) is 0 Å². The van der Waals surface area contributed by atoms with Crippen LogP contribution >= 0.6 is 0 Å². The van der Waals surface area contributed by atoms with Crippen molar-refractivity contribution in [2.45, 2.75) is 6.42 Å². The molecule has 0 radical (unpaired) electrons. The molecule has 0 aromatic heterocycles. The van der Waals surface area contributed by atoms with E-state index in [0.29, 0.717) is 0 Å². The first-order valence-electron chi connectivity index (χ1n) is 5.24. The van der Waals surface area contributed by atoms with E-state index in [9.17, 15) is 0 Å². The van der Waals surface area contributed by atoms with Crippen molar-refractivity contribution in [1.29, 1.82) is 5.53 Å². The Morgan fingerprint density at radius 1 is 1.06 bits per heavy atom. The summed E-state index contributed by atoms with van der Waals surface area (Å²) in [5.74, 6) is 0. The van der Waals surface area contributed by atoms with Gasteiger partial charge in [0.25, 0.3) is 0 Å². The van der Waals surface area contributed by atoms with Crippen molar-refractivity contribution in [3.8, 4) is 11.1 Å². The minimum atomic E-state index is 0.915. The van der Waals surface area contributed by atoms with Gasteiger partial charge in [0.2, 0.25) is 0 Å². The molecule has 2 aromatic rings. The highest BCUT2D eigenvalue weighted by Crippen LogP contribution is 2.38. The maximum Gasteiger partial charge on any atom is 0.0356 e. The van der Waals surface area contributed by atoms with Crippen LogP contribution < -0.4 is 5.73 Å². The number of nitrogen functional groups attached to an aromatic ring is 1. The number of benzene rings is 2. The van der Waals surface area contributed by atoms with Crippen LogP contribution in [-0.4, -0.2) is 0 Å². The molecule has 4 heteroatoms. The largest absolute Gasteiger partial charge is 0.398 e. The predicted octanol–water partition coefficient (Wildman–Crippen LogP) is 3.72. The molecule has 4 nitrogen and oxygen atoms in total. The lowest BCUT2D eigenvalue weighted by Crippen LogP contribution is -1.91. The summed E-state index contributed by atoms with van der Waals surface area (Å²) in [6, 6.07) is 14.7. The number of nitrogens with two attached hydrogens (primary N) is 1. The molecule has 0 unspecified atom stereocenters. The molecular weight excluding hydrogens is 212 g/mol. The Morgan fingerprint density at radius 2 is 1.71 bits per heavy atom. The van der Waals surface area contributed by atoms with Crippen molar-refractivity contribution in [2.24, 2.45) is 0 Å². The van der Waals surface area contributed by atoms with Crippen LogP contribution in [0.1, 0.15) is 11.1 Å². The Balaban J connectivity index is 0.000000329. The number of fused-ring (bicyclic) bond motifs is 3. The SMILES string of the molecule is Nc1cccc2c1Cc1ccccc1-2.[N-]=[N+]=N. The maximum absolute atomic E-state index is 6.86. The van der Waals surface area contributed by atoms with Gasteiger partial charge in [0, 0.05) is 12.1 Å². The highest BCUT2D eigenvalue weighted by atomic mass is 15.0. The quantitative estimate of drug-likeness (QED) is 0.259. The number of hydrogen-bond acceptors (Lipinski definition) is 2. The zero-order valence-electron chi connectivity index (χ0n) is 9.22. The van der Waals surface area contributed by atoms with Gasteiger partial charge in [0.1, 0.15) is 0 Å². The zero-order chi connectivity index (χ0) is 12.3. The van der Waals surface area contributed by atoms with Crippen LogP contribution in [-0.2, 0) is 6.42 Å². The third-order valence-electron chi connectivity index (χ3n) is 2.89. The molecule has 0 fully saturated rings. The summed E-state index contributed by atoms with van der Waals surface area (Å²) >= 11 is 0. The molecule has 2 aromatic carbocycles. The van der Waals surface area contributed by atoms with Gasteiger partial charge in [-0.15, -0.1) is 5.53 Å². The fourth-order valence-electron chi connectivity index (χ4n) is 2.18. The Hall–Kier alpha value is -2.45. The van der Waals surface area contributed by atoms with Gasteiger partial charge < -0.3 is 5.73 Å². The lowest BCUT2D eigenvalue weighted by atomic mass is 10.1. The van der Waals surface area contributed by atoms with Gasteiger partial charge in [-0.3, -0.25) is 0 Å². The van der Waals surface area contributed by atoms with Crippen molar-refractivity contribution in [2.75, 3.05) is 5.73 Å². The third kappa shape index (κ3) is 1.94. The van der Waals surface area contributed by atoms with Crippen LogP contribution in [0.3, 0.4) is 0 Å². The molecule has 0 saturated heterocycles. The highest BCUT2D eigenvalue weighted by molar-refractivity contribution is 5.81. The number of nitrogens with zero attached hydrogens (tertiary/aromatic N) is 2. The average Bonchev–Trinajstić information content (AvgIpc) is 2.71. The van der Waals surface area contributed by atoms with E-state index < -0.39 is 0 Å². The second-order valence-corrected chi connectivity index (χ2v) is 3.81. The lowest BCUT2D eigenvalue weighted by Gasteiger charge is -2.02. The molecule has 0 bridgehead atoms. The highest BCUT2D eigenvalue weighted by Gasteiger charge is 2.18. The van der Waals surface area contributed by atoms with E-state index in [1.807, 2.05) is 12.1 Å². The van der Waals surface area contributed by atoms with Gasteiger partial charge in [0.15, 0.2) is 0 Å². The molecular formula is C13H12N4. The summed E-state index contributed by atoms with van der Waals surface area (Å²) in [7, 11) is 0. The molecule has 0 aliphatic heterocycles. The number of anilines is 1. The minimum absolute atomic E-state index is 0.915. The van der Waals surface area contributed by atoms with Crippen molar-refractivity contribution >= 4 is 5.69 Å². The smallest absolute Gasteiger partial charge is 0.0356 e. The summed E-state index contributed by atoms with van der Waals surface area (Å²) in [6.45, 7) is 0. The monoisotopic (exact) mass is 224 g/mol. The molecule has 1 aliphatic carbocycles. The first-order chi connectivity index (χ1) is 8.27. The van der Waals surface area contributed by atoms with Crippen LogP contribution in [0.25, 0.3) is 21.6 Å². The lowest BCUT2D eigenvalue weighted by molar-refractivity contribution is 1.27. The summed E-state index contributed by atoms with van der Waals surface area (Å²) < 4.78 is 0. The van der Waals surface area contributed by atoms with E-state index in [2.05, 4.69) is 30.3 Å². The molecule has 0 saturated carbocycles. The molecule has 17 heavy (non-hydrogen) atoms. The zero-order valence-corrected chi connectivity index (χ0v) is 9.22. The Kier molecular flexibility index (Phi) is 2.99. The van der Waals surface area contributed by atoms with E-state index in [0.717, 1.165) is 12.1 Å². The van der Waals surface area contributed by atoms with E-state index in [1.165, 1.54) is 22.3 Å². The van der Waals surface area contributed by atoms with Crippen molar-refractivity contribution in [3.63, 3.8) is 0 Å². The standard InChI is InChI=1S/C13H11N.HN3/c14-13-7-3-6-11-10-5-2-1-4-9(10)8-12(11)13;1-3-2/h1-7H,8,14H2;1H. The van der Waals surface area contributed by atoms with Crippen LogP contribution in [0.2, 0.25) is 0 Å². The average molecular weight is 224 g/mol. The Bertz CT molecular complexity index is 584. The Morgan fingerprint density at radius 3 is 2.47 bits per heavy atom. The van der Waals surface area contributed by atoms with Gasteiger partial charge in [-0.25, -0.2) is 0 Å². The predicted molar refractivity (Wildman–Crippen MR) is 68.5 cm³/mol. The minimum Gasteiger partial charge on any atom is -0.398 e. The summed E-state index contributed by atoms with van der Waals surface area (Å²) in [5, 5.41) is 0. The van der Waals surface area contributed by atoms with Gasteiger partial charge in [-0.2, -0.15) is 0 Å². The first kappa shape index (κ1) is 11.0. The van der Waals surface area contributed by atoms with E-state index >= 15 is 0 Å². The van der Waals surface area contributed by atoms with Gasteiger partial charge in [-0.1, -0.05) is 36.4 Å². The summed E-state index contributed by atoms with van der Waals surface area (Å²) in [6.07, 6.45) is 0.984. The molecule has 3 rings (SSSR count). The molecule has 0 heterocycles. The van der Waals surface area contributed by atoms with Crippen LogP contribution in [0, 0.1) is 5.53 Å². The van der Waals surface area contributed by atoms with Crippen molar-refractivity contribution < 1.29 is 0 Å². The van der Waals surface area contributed by atoms with Crippen molar-refractivity contribution in [1.82, 2.24) is 0 Å². The molecule has 0 atom stereocenters.